The van der Waals surface area contributed by atoms with Crippen molar-refractivity contribution in [2.45, 2.75) is 47.1 Å². The highest BCUT2D eigenvalue weighted by Crippen LogP contribution is 2.37. The Labute approximate surface area is 183 Å². The largest absolute Gasteiger partial charge is 0.386 e. The van der Waals surface area contributed by atoms with E-state index in [-0.39, 0.29) is 6.04 Å². The van der Waals surface area contributed by atoms with E-state index in [1.54, 1.807) is 0 Å². The molecular formula is C28H36N2. The molecule has 0 aliphatic heterocycles. The van der Waals surface area contributed by atoms with Gasteiger partial charge in [0.1, 0.15) is 0 Å². The van der Waals surface area contributed by atoms with Crippen LogP contribution in [0.1, 0.15) is 50.8 Å². The van der Waals surface area contributed by atoms with E-state index < -0.39 is 0 Å². The van der Waals surface area contributed by atoms with Crippen molar-refractivity contribution >= 4 is 16.9 Å². The van der Waals surface area contributed by atoms with Crippen LogP contribution < -0.4 is 10.6 Å². The fraction of sp³-hybridized carbons (Fsp3) is 0.286. The number of benzene rings is 2. The maximum atomic E-state index is 3.71. The second-order valence-corrected chi connectivity index (χ2v) is 7.40. The van der Waals surface area contributed by atoms with E-state index in [0.717, 1.165) is 17.8 Å². The Morgan fingerprint density at radius 2 is 1.73 bits per heavy atom. The Bertz CT molecular complexity index is 931. The highest BCUT2D eigenvalue weighted by molar-refractivity contribution is 5.92. The Morgan fingerprint density at radius 3 is 2.33 bits per heavy atom. The van der Waals surface area contributed by atoms with E-state index in [1.165, 1.54) is 27.8 Å². The van der Waals surface area contributed by atoms with Gasteiger partial charge in [-0.15, -0.1) is 0 Å². The first-order valence-corrected chi connectivity index (χ1v) is 10.9. The summed E-state index contributed by atoms with van der Waals surface area (Å²) in [6.45, 7) is 10.6. The number of anilines is 2. The van der Waals surface area contributed by atoms with Crippen LogP contribution in [0, 0.1) is 6.92 Å². The van der Waals surface area contributed by atoms with E-state index in [1.807, 2.05) is 14.0 Å². The fourth-order valence-corrected chi connectivity index (χ4v) is 3.55. The number of nitrogens with one attached hydrogen (secondary N) is 2. The van der Waals surface area contributed by atoms with Crippen molar-refractivity contribution in [2.75, 3.05) is 17.7 Å². The van der Waals surface area contributed by atoms with E-state index in [0.29, 0.717) is 0 Å². The van der Waals surface area contributed by atoms with E-state index in [4.69, 9.17) is 0 Å². The van der Waals surface area contributed by atoms with Gasteiger partial charge in [-0.3, -0.25) is 0 Å². The summed E-state index contributed by atoms with van der Waals surface area (Å²) < 4.78 is 0. The summed E-state index contributed by atoms with van der Waals surface area (Å²) in [6.07, 6.45) is 14.0. The Balaban J connectivity index is 2.45. The normalized spacial score (nSPS) is 13.8. The molecule has 0 heterocycles. The summed E-state index contributed by atoms with van der Waals surface area (Å²) in [5.74, 6) is 0. The summed E-state index contributed by atoms with van der Waals surface area (Å²) in [5, 5.41) is 7.18. The van der Waals surface area contributed by atoms with Gasteiger partial charge in [-0.2, -0.15) is 0 Å². The average molecular weight is 401 g/mol. The van der Waals surface area contributed by atoms with Crippen LogP contribution in [0.2, 0.25) is 0 Å². The minimum Gasteiger partial charge on any atom is -0.386 e. The maximum absolute atomic E-state index is 3.71. The minimum atomic E-state index is 0.196. The molecule has 0 aromatic heterocycles. The summed E-state index contributed by atoms with van der Waals surface area (Å²) in [5.41, 5.74) is 8.45. The van der Waals surface area contributed by atoms with Crippen LogP contribution in [0.5, 0.6) is 0 Å². The van der Waals surface area contributed by atoms with Gasteiger partial charge < -0.3 is 10.6 Å². The van der Waals surface area contributed by atoms with Gasteiger partial charge in [0, 0.05) is 18.7 Å². The molecule has 2 aromatic carbocycles. The van der Waals surface area contributed by atoms with Crippen LogP contribution in [-0.4, -0.2) is 13.1 Å². The molecule has 0 spiro atoms. The number of hydrogen-bond acceptors (Lipinski definition) is 2. The predicted octanol–water partition coefficient (Wildman–Crippen LogP) is 7.76. The van der Waals surface area contributed by atoms with E-state index >= 15 is 0 Å². The Morgan fingerprint density at radius 1 is 1.00 bits per heavy atom. The van der Waals surface area contributed by atoms with Gasteiger partial charge in [0.15, 0.2) is 0 Å². The Hall–Kier alpha value is -3.00. The second-order valence-electron chi connectivity index (χ2n) is 7.40. The zero-order valence-corrected chi connectivity index (χ0v) is 19.3. The molecule has 1 unspecified atom stereocenters. The molecule has 2 heteroatoms. The van der Waals surface area contributed by atoms with Gasteiger partial charge in [-0.05, 0) is 56.4 Å². The van der Waals surface area contributed by atoms with Gasteiger partial charge in [0.2, 0.25) is 0 Å². The van der Waals surface area contributed by atoms with Crippen molar-refractivity contribution in [1.82, 2.24) is 0 Å². The molecule has 0 saturated carbocycles. The summed E-state index contributed by atoms with van der Waals surface area (Å²) in [7, 11) is 2.00. The molecule has 0 amide bonds. The van der Waals surface area contributed by atoms with E-state index in [2.05, 4.69) is 117 Å². The van der Waals surface area contributed by atoms with Crippen molar-refractivity contribution in [3.63, 3.8) is 0 Å². The standard InChI is InChI=1S/C28H36N2/c1-7-13-23(9-3)19-18-22(5)30-27-21(4)17-20-26(28(27)29-6)25(14-8-2)24-15-11-10-12-16-24/h7,9-20,22,29-30H,8H2,1-6H3/b13-7-,19-18+,23-9+,25-14-. The third kappa shape index (κ3) is 6.00. The lowest BCUT2D eigenvalue weighted by Gasteiger charge is -2.22. The fourth-order valence-electron chi connectivity index (χ4n) is 3.55. The molecule has 0 radical (unpaired) electrons. The second kappa shape index (κ2) is 11.9. The average Bonchev–Trinajstić information content (AvgIpc) is 2.77. The first-order valence-electron chi connectivity index (χ1n) is 10.9. The first-order chi connectivity index (χ1) is 14.5. The van der Waals surface area contributed by atoms with Gasteiger partial charge in [-0.25, -0.2) is 0 Å². The molecule has 30 heavy (non-hydrogen) atoms. The van der Waals surface area contributed by atoms with Crippen LogP contribution >= 0.6 is 0 Å². The summed E-state index contributed by atoms with van der Waals surface area (Å²) in [6, 6.07) is 15.3. The van der Waals surface area contributed by atoms with Crippen molar-refractivity contribution in [2.24, 2.45) is 0 Å². The smallest absolute Gasteiger partial charge is 0.0656 e. The highest BCUT2D eigenvalue weighted by atomic mass is 15.0. The van der Waals surface area contributed by atoms with Crippen LogP contribution in [0.4, 0.5) is 11.4 Å². The monoisotopic (exact) mass is 400 g/mol. The topological polar surface area (TPSA) is 24.1 Å². The Kier molecular flexibility index (Phi) is 9.21. The van der Waals surface area contributed by atoms with Crippen molar-refractivity contribution in [1.29, 1.82) is 0 Å². The molecule has 1 atom stereocenters. The summed E-state index contributed by atoms with van der Waals surface area (Å²) >= 11 is 0. The van der Waals surface area contributed by atoms with Gasteiger partial charge in [0.05, 0.1) is 11.4 Å². The number of rotatable bonds is 9. The van der Waals surface area contributed by atoms with Gasteiger partial charge in [-0.1, -0.05) is 85.8 Å². The molecule has 0 bridgehead atoms. The third-order valence-corrected chi connectivity index (χ3v) is 5.09. The lowest BCUT2D eigenvalue weighted by molar-refractivity contribution is 0.992. The molecule has 2 aromatic rings. The van der Waals surface area contributed by atoms with Crippen molar-refractivity contribution < 1.29 is 0 Å². The molecule has 0 aliphatic rings. The van der Waals surface area contributed by atoms with Gasteiger partial charge >= 0.3 is 0 Å². The van der Waals surface area contributed by atoms with Crippen LogP contribution in [0.3, 0.4) is 0 Å². The van der Waals surface area contributed by atoms with Crippen LogP contribution in [0.15, 0.2) is 84.5 Å². The number of aryl methyl sites for hydroxylation is 1. The molecule has 0 aliphatic carbocycles. The van der Waals surface area contributed by atoms with E-state index in [9.17, 15) is 0 Å². The minimum absolute atomic E-state index is 0.196. The third-order valence-electron chi connectivity index (χ3n) is 5.09. The number of hydrogen-bond donors (Lipinski definition) is 2. The first kappa shape index (κ1) is 23.3. The molecule has 2 rings (SSSR count). The maximum Gasteiger partial charge on any atom is 0.0656 e. The molecule has 2 N–H and O–H groups in total. The van der Waals surface area contributed by atoms with Crippen LogP contribution in [-0.2, 0) is 0 Å². The number of allylic oxidation sites excluding steroid dienone is 6. The van der Waals surface area contributed by atoms with Crippen molar-refractivity contribution in [3.8, 4) is 0 Å². The molecular weight excluding hydrogens is 364 g/mol. The lowest BCUT2D eigenvalue weighted by atomic mass is 9.93. The zero-order chi connectivity index (χ0) is 21.9. The van der Waals surface area contributed by atoms with Gasteiger partial charge in [0.25, 0.3) is 0 Å². The highest BCUT2D eigenvalue weighted by Gasteiger charge is 2.15. The predicted molar refractivity (Wildman–Crippen MR) is 135 cm³/mol. The molecule has 2 nitrogen and oxygen atoms in total. The SMILES string of the molecule is C\C=C/C(/C=C/C(C)Nc1c(C)ccc(/C(=C\CC)c2ccccc2)c1NC)=C\C. The summed E-state index contributed by atoms with van der Waals surface area (Å²) in [4.78, 5) is 0. The molecule has 158 valence electrons. The van der Waals surface area contributed by atoms with Crippen LogP contribution in [0.25, 0.3) is 5.57 Å². The molecule has 0 fully saturated rings. The quantitative estimate of drug-likeness (QED) is 0.420. The van der Waals surface area contributed by atoms with Crippen molar-refractivity contribution in [3.05, 3.63) is 101 Å². The molecule has 0 saturated heterocycles. The lowest BCUT2D eigenvalue weighted by Crippen LogP contribution is -2.15. The zero-order valence-electron chi connectivity index (χ0n) is 19.3.